The second-order valence-electron chi connectivity index (χ2n) is 10.3. The third-order valence-electron chi connectivity index (χ3n) is 8.27. The molecule has 4 rings (SSSR count). The van der Waals surface area contributed by atoms with Crippen LogP contribution in [0.4, 0.5) is 4.39 Å². The summed E-state index contributed by atoms with van der Waals surface area (Å²) in [5, 5.41) is 0. The number of rotatable bonds is 6. The Labute approximate surface area is 182 Å². The van der Waals surface area contributed by atoms with Gasteiger partial charge in [0, 0.05) is 5.56 Å². The quantitative estimate of drug-likeness (QED) is 0.472. The summed E-state index contributed by atoms with van der Waals surface area (Å²) in [5.74, 6) is 3.65. The van der Waals surface area contributed by atoms with Crippen LogP contribution in [-0.2, 0) is 9.47 Å². The molecule has 0 atom stereocenters. The summed E-state index contributed by atoms with van der Waals surface area (Å²) in [5.41, 5.74) is 1.15. The highest BCUT2D eigenvalue weighted by atomic mass is 19.1. The van der Waals surface area contributed by atoms with E-state index in [-0.39, 0.29) is 13.2 Å². The molecule has 168 valence electrons. The van der Waals surface area contributed by atoms with Crippen molar-refractivity contribution in [2.75, 3.05) is 13.2 Å². The maximum atomic E-state index is 14.5. The van der Waals surface area contributed by atoms with Crippen molar-refractivity contribution in [3.05, 3.63) is 35.4 Å². The molecule has 3 aliphatic rings. The Kier molecular flexibility index (Phi) is 7.52. The Morgan fingerprint density at radius 3 is 1.87 bits per heavy atom. The molecule has 0 aromatic heterocycles. The molecular formula is C27H41FO2. The molecule has 1 saturated heterocycles. The molecule has 2 saturated carbocycles. The van der Waals surface area contributed by atoms with Gasteiger partial charge in [0.25, 0.3) is 0 Å². The van der Waals surface area contributed by atoms with Crippen LogP contribution in [0.15, 0.2) is 24.3 Å². The molecule has 0 unspecified atom stereocenters. The third kappa shape index (κ3) is 5.27. The molecule has 0 N–H and O–H groups in total. The maximum absolute atomic E-state index is 14.5. The van der Waals surface area contributed by atoms with Gasteiger partial charge < -0.3 is 9.47 Å². The molecule has 3 heteroatoms. The summed E-state index contributed by atoms with van der Waals surface area (Å²) in [6.07, 6.45) is 13.6. The molecule has 0 radical (unpaired) electrons. The fourth-order valence-electron chi connectivity index (χ4n) is 6.24. The molecule has 1 heterocycles. The molecule has 1 aliphatic heterocycles. The van der Waals surface area contributed by atoms with Gasteiger partial charge in [0.2, 0.25) is 0 Å². The Hall–Kier alpha value is -0.930. The molecule has 2 nitrogen and oxygen atoms in total. The standard InChI is InChI=1S/C27H41FO2/c1-3-17-27(28)18-29-26(30-19-27)25-15-13-24(14-16-25)23-11-9-22(10-12-23)21-7-5-20(4-2)6-8-21/h13-16,20-23,26H,3-12,17-19H2,1-2H3. The van der Waals surface area contributed by atoms with Crippen LogP contribution >= 0.6 is 0 Å². The SMILES string of the molecule is CCCC1(F)COC(c2ccc(C3CCC(C4CCC(CC)CC4)CC3)cc2)OC1. The third-order valence-corrected chi connectivity index (χ3v) is 8.27. The van der Waals surface area contributed by atoms with Gasteiger partial charge in [-0.1, -0.05) is 63.8 Å². The smallest absolute Gasteiger partial charge is 0.184 e. The Morgan fingerprint density at radius 2 is 1.33 bits per heavy atom. The minimum atomic E-state index is -1.32. The van der Waals surface area contributed by atoms with E-state index in [2.05, 4.69) is 31.2 Å². The number of halogens is 1. The van der Waals surface area contributed by atoms with Crippen molar-refractivity contribution in [1.29, 1.82) is 0 Å². The summed E-state index contributed by atoms with van der Waals surface area (Å²) >= 11 is 0. The summed E-state index contributed by atoms with van der Waals surface area (Å²) in [6, 6.07) is 8.76. The zero-order valence-corrected chi connectivity index (χ0v) is 19.1. The first-order valence-corrected chi connectivity index (χ1v) is 12.6. The van der Waals surface area contributed by atoms with Crippen molar-refractivity contribution in [3.63, 3.8) is 0 Å². The molecule has 3 fully saturated rings. The number of hydrogen-bond donors (Lipinski definition) is 0. The molecule has 1 aromatic rings. The Morgan fingerprint density at radius 1 is 0.800 bits per heavy atom. The Balaban J connectivity index is 1.25. The van der Waals surface area contributed by atoms with E-state index >= 15 is 0 Å². The summed E-state index contributed by atoms with van der Waals surface area (Å²) in [4.78, 5) is 0. The van der Waals surface area contributed by atoms with E-state index in [1.54, 1.807) is 0 Å². The number of hydrogen-bond acceptors (Lipinski definition) is 2. The van der Waals surface area contributed by atoms with Crippen molar-refractivity contribution < 1.29 is 13.9 Å². The highest BCUT2D eigenvalue weighted by Gasteiger charge is 2.37. The van der Waals surface area contributed by atoms with Crippen LogP contribution in [-0.4, -0.2) is 18.9 Å². The molecule has 30 heavy (non-hydrogen) atoms. The van der Waals surface area contributed by atoms with E-state index in [1.165, 1.54) is 63.4 Å². The molecular weight excluding hydrogens is 375 g/mol. The Bertz CT molecular complexity index is 633. The van der Waals surface area contributed by atoms with Crippen molar-refractivity contribution in [2.24, 2.45) is 17.8 Å². The highest BCUT2D eigenvalue weighted by molar-refractivity contribution is 5.26. The molecule has 2 aliphatic carbocycles. The largest absolute Gasteiger partial charge is 0.345 e. The van der Waals surface area contributed by atoms with Gasteiger partial charge in [-0.05, 0) is 74.2 Å². The van der Waals surface area contributed by atoms with Crippen LogP contribution < -0.4 is 0 Å². The van der Waals surface area contributed by atoms with E-state index in [1.807, 2.05) is 6.92 Å². The average molecular weight is 417 g/mol. The van der Waals surface area contributed by atoms with Gasteiger partial charge >= 0.3 is 0 Å². The summed E-state index contributed by atoms with van der Waals surface area (Å²) < 4.78 is 26.0. The fraction of sp³-hybridized carbons (Fsp3) is 0.778. The molecule has 0 spiro atoms. The minimum absolute atomic E-state index is 0.136. The maximum Gasteiger partial charge on any atom is 0.184 e. The first-order valence-electron chi connectivity index (χ1n) is 12.6. The van der Waals surface area contributed by atoms with Gasteiger partial charge in [-0.25, -0.2) is 4.39 Å². The fourth-order valence-corrected chi connectivity index (χ4v) is 6.24. The monoisotopic (exact) mass is 416 g/mol. The lowest BCUT2D eigenvalue weighted by Crippen LogP contribution is -2.41. The van der Waals surface area contributed by atoms with Crippen LogP contribution in [0.1, 0.15) is 108 Å². The normalized spacial score (nSPS) is 37.8. The van der Waals surface area contributed by atoms with Gasteiger partial charge in [0.15, 0.2) is 12.0 Å². The first kappa shape index (κ1) is 22.3. The van der Waals surface area contributed by atoms with Crippen LogP contribution in [0.3, 0.4) is 0 Å². The second kappa shape index (κ2) is 10.1. The lowest BCUT2D eigenvalue weighted by atomic mass is 9.68. The predicted octanol–water partition coefficient (Wildman–Crippen LogP) is 7.73. The number of alkyl halides is 1. The van der Waals surface area contributed by atoms with E-state index in [4.69, 9.17) is 9.47 Å². The van der Waals surface area contributed by atoms with Crippen LogP contribution in [0.2, 0.25) is 0 Å². The van der Waals surface area contributed by atoms with Crippen molar-refractivity contribution in [1.82, 2.24) is 0 Å². The van der Waals surface area contributed by atoms with E-state index in [0.29, 0.717) is 12.3 Å². The van der Waals surface area contributed by atoms with E-state index in [0.717, 1.165) is 29.7 Å². The van der Waals surface area contributed by atoms with Crippen LogP contribution in [0.25, 0.3) is 0 Å². The van der Waals surface area contributed by atoms with Crippen molar-refractivity contribution >= 4 is 0 Å². The summed E-state index contributed by atoms with van der Waals surface area (Å²) in [7, 11) is 0. The lowest BCUT2D eigenvalue weighted by molar-refractivity contribution is -0.238. The van der Waals surface area contributed by atoms with Gasteiger partial charge in [-0.2, -0.15) is 0 Å². The highest BCUT2D eigenvalue weighted by Crippen LogP contribution is 2.44. The van der Waals surface area contributed by atoms with Crippen molar-refractivity contribution in [2.45, 2.75) is 102 Å². The number of benzene rings is 1. The second-order valence-corrected chi connectivity index (χ2v) is 10.3. The van der Waals surface area contributed by atoms with E-state index in [9.17, 15) is 4.39 Å². The van der Waals surface area contributed by atoms with Gasteiger partial charge in [-0.15, -0.1) is 0 Å². The van der Waals surface area contributed by atoms with Crippen LogP contribution in [0.5, 0.6) is 0 Å². The average Bonchev–Trinajstić information content (AvgIpc) is 2.80. The molecule has 0 amide bonds. The topological polar surface area (TPSA) is 18.5 Å². The predicted molar refractivity (Wildman–Crippen MR) is 120 cm³/mol. The molecule has 1 aromatic carbocycles. The van der Waals surface area contributed by atoms with E-state index < -0.39 is 12.0 Å². The summed E-state index contributed by atoms with van der Waals surface area (Å²) in [6.45, 7) is 4.63. The first-order chi connectivity index (χ1) is 14.6. The minimum Gasteiger partial charge on any atom is -0.345 e. The van der Waals surface area contributed by atoms with Gasteiger partial charge in [-0.3, -0.25) is 0 Å². The lowest BCUT2D eigenvalue weighted by Gasteiger charge is -2.38. The van der Waals surface area contributed by atoms with Gasteiger partial charge in [0.05, 0.1) is 13.2 Å². The zero-order chi connectivity index (χ0) is 21.0. The molecule has 0 bridgehead atoms. The van der Waals surface area contributed by atoms with Crippen molar-refractivity contribution in [3.8, 4) is 0 Å². The number of ether oxygens (including phenoxy) is 2. The van der Waals surface area contributed by atoms with Gasteiger partial charge in [0.1, 0.15) is 0 Å². The van der Waals surface area contributed by atoms with Crippen LogP contribution in [0, 0.1) is 17.8 Å². The zero-order valence-electron chi connectivity index (χ0n) is 19.1.